The molecule has 2 aromatic carbocycles. The van der Waals surface area contributed by atoms with Gasteiger partial charge in [0.2, 0.25) is 0 Å². The predicted octanol–water partition coefficient (Wildman–Crippen LogP) is 4.63. The van der Waals surface area contributed by atoms with Gasteiger partial charge in [0.25, 0.3) is 0 Å². The van der Waals surface area contributed by atoms with Crippen molar-refractivity contribution in [3.05, 3.63) is 68.4 Å². The summed E-state index contributed by atoms with van der Waals surface area (Å²) in [6.07, 6.45) is -1.07. The van der Waals surface area contributed by atoms with Crippen LogP contribution in [-0.2, 0) is 0 Å². The zero-order valence-corrected chi connectivity index (χ0v) is 12.0. The maximum Gasteiger partial charge on any atom is 0.129 e. The third-order valence-electron chi connectivity index (χ3n) is 2.70. The second-order valence-electron chi connectivity index (χ2n) is 4.09. The number of aryl methyl sites for hydroxylation is 1. The quantitative estimate of drug-likeness (QED) is 0.851. The van der Waals surface area contributed by atoms with E-state index in [0.717, 1.165) is 10.0 Å². The van der Waals surface area contributed by atoms with Crippen LogP contribution in [0.25, 0.3) is 0 Å². The van der Waals surface area contributed by atoms with E-state index in [-0.39, 0.29) is 5.56 Å². The van der Waals surface area contributed by atoms with Crippen LogP contribution in [0.5, 0.6) is 0 Å². The van der Waals surface area contributed by atoms with Gasteiger partial charge in [0.05, 0.1) is 0 Å². The largest absolute Gasteiger partial charge is 0.383 e. The third kappa shape index (κ3) is 2.74. The molecule has 0 fully saturated rings. The van der Waals surface area contributed by atoms with Crippen molar-refractivity contribution in [2.45, 2.75) is 13.0 Å². The van der Waals surface area contributed by atoms with E-state index < -0.39 is 11.9 Å². The Morgan fingerprint density at radius 2 is 1.89 bits per heavy atom. The van der Waals surface area contributed by atoms with Gasteiger partial charge in [0.1, 0.15) is 11.9 Å². The van der Waals surface area contributed by atoms with Gasteiger partial charge in [-0.25, -0.2) is 4.39 Å². The van der Waals surface area contributed by atoms with Crippen molar-refractivity contribution in [3.8, 4) is 0 Å². The second kappa shape index (κ2) is 5.39. The topological polar surface area (TPSA) is 20.2 Å². The van der Waals surface area contributed by atoms with Crippen LogP contribution >= 0.6 is 27.5 Å². The summed E-state index contributed by atoms with van der Waals surface area (Å²) in [5.74, 6) is -0.441. The van der Waals surface area contributed by atoms with E-state index >= 15 is 0 Å². The Bertz CT molecular complexity index is 535. The van der Waals surface area contributed by atoms with Crippen molar-refractivity contribution < 1.29 is 9.50 Å². The van der Waals surface area contributed by atoms with Crippen LogP contribution in [0.3, 0.4) is 0 Å². The molecular weight excluding hydrogens is 319 g/mol. The van der Waals surface area contributed by atoms with Gasteiger partial charge >= 0.3 is 0 Å². The van der Waals surface area contributed by atoms with Crippen LogP contribution in [0.4, 0.5) is 4.39 Å². The molecule has 1 atom stereocenters. The predicted molar refractivity (Wildman–Crippen MR) is 74.4 cm³/mol. The Morgan fingerprint density at radius 3 is 2.61 bits per heavy atom. The van der Waals surface area contributed by atoms with Crippen LogP contribution in [0.2, 0.25) is 5.02 Å². The highest BCUT2D eigenvalue weighted by Crippen LogP contribution is 2.32. The van der Waals surface area contributed by atoms with E-state index in [0.29, 0.717) is 10.6 Å². The minimum atomic E-state index is -1.07. The number of aliphatic hydroxyl groups excluding tert-OH is 1. The summed E-state index contributed by atoms with van der Waals surface area (Å²) in [4.78, 5) is 0. The van der Waals surface area contributed by atoms with Crippen LogP contribution in [0.1, 0.15) is 22.8 Å². The average Bonchev–Trinajstić information content (AvgIpc) is 2.34. The van der Waals surface area contributed by atoms with E-state index in [1.54, 1.807) is 30.3 Å². The van der Waals surface area contributed by atoms with Crippen LogP contribution in [-0.4, -0.2) is 5.11 Å². The van der Waals surface area contributed by atoms with E-state index in [2.05, 4.69) is 15.9 Å². The number of rotatable bonds is 2. The van der Waals surface area contributed by atoms with Gasteiger partial charge in [0.15, 0.2) is 0 Å². The normalized spacial score (nSPS) is 12.5. The second-order valence-corrected chi connectivity index (χ2v) is 5.42. The summed E-state index contributed by atoms with van der Waals surface area (Å²) >= 11 is 9.34. The van der Waals surface area contributed by atoms with Gasteiger partial charge < -0.3 is 5.11 Å². The Labute approximate surface area is 118 Å². The molecule has 0 aromatic heterocycles. The molecule has 2 rings (SSSR count). The lowest BCUT2D eigenvalue weighted by molar-refractivity contribution is 0.215. The highest BCUT2D eigenvalue weighted by Gasteiger charge is 2.18. The fourth-order valence-electron chi connectivity index (χ4n) is 1.76. The molecule has 0 amide bonds. The van der Waals surface area contributed by atoms with Crippen LogP contribution in [0.15, 0.2) is 40.9 Å². The average molecular weight is 330 g/mol. The van der Waals surface area contributed by atoms with Crippen molar-refractivity contribution >= 4 is 27.5 Å². The SMILES string of the molecule is Cc1ccc(F)c(C(O)c2cc(Br)ccc2Cl)c1. The molecule has 0 bridgehead atoms. The summed E-state index contributed by atoms with van der Waals surface area (Å²) in [5.41, 5.74) is 1.60. The van der Waals surface area contributed by atoms with Gasteiger partial charge in [-0.3, -0.25) is 0 Å². The molecular formula is C14H11BrClFO. The number of halogens is 3. The van der Waals surface area contributed by atoms with Gasteiger partial charge in [-0.2, -0.15) is 0 Å². The first-order valence-corrected chi connectivity index (χ1v) is 6.55. The van der Waals surface area contributed by atoms with E-state index in [1.807, 2.05) is 6.92 Å². The van der Waals surface area contributed by atoms with Crippen molar-refractivity contribution in [1.82, 2.24) is 0 Å². The zero-order valence-electron chi connectivity index (χ0n) is 9.62. The number of hydrogen-bond donors (Lipinski definition) is 1. The summed E-state index contributed by atoms with van der Waals surface area (Å²) in [6.45, 7) is 1.85. The molecule has 1 nitrogen and oxygen atoms in total. The minimum Gasteiger partial charge on any atom is -0.383 e. The Morgan fingerprint density at radius 1 is 1.17 bits per heavy atom. The summed E-state index contributed by atoms with van der Waals surface area (Å²) < 4.78 is 14.5. The molecule has 0 aliphatic heterocycles. The fourth-order valence-corrected chi connectivity index (χ4v) is 2.36. The summed E-state index contributed by atoms with van der Waals surface area (Å²) in [7, 11) is 0. The van der Waals surface area contributed by atoms with E-state index in [9.17, 15) is 9.50 Å². The van der Waals surface area contributed by atoms with Gasteiger partial charge in [-0.1, -0.05) is 45.2 Å². The number of hydrogen-bond acceptors (Lipinski definition) is 1. The Balaban J connectivity index is 2.50. The van der Waals surface area contributed by atoms with Gasteiger partial charge in [-0.05, 0) is 31.2 Å². The minimum absolute atomic E-state index is 0.231. The Hall–Kier alpha value is -0.900. The van der Waals surface area contributed by atoms with Crippen molar-refractivity contribution in [2.75, 3.05) is 0 Å². The highest BCUT2D eigenvalue weighted by molar-refractivity contribution is 9.10. The molecule has 94 valence electrons. The molecule has 0 radical (unpaired) electrons. The molecule has 4 heteroatoms. The lowest BCUT2D eigenvalue weighted by atomic mass is 9.99. The van der Waals surface area contributed by atoms with Crippen LogP contribution < -0.4 is 0 Å². The maximum absolute atomic E-state index is 13.7. The molecule has 0 saturated heterocycles. The lowest BCUT2D eigenvalue weighted by Crippen LogP contribution is -2.04. The smallest absolute Gasteiger partial charge is 0.129 e. The summed E-state index contributed by atoms with van der Waals surface area (Å²) in [6, 6.07) is 9.75. The van der Waals surface area contributed by atoms with Gasteiger partial charge in [-0.15, -0.1) is 0 Å². The first kappa shape index (κ1) is 13.5. The lowest BCUT2D eigenvalue weighted by Gasteiger charge is -2.15. The fraction of sp³-hybridized carbons (Fsp3) is 0.143. The molecule has 2 aromatic rings. The third-order valence-corrected chi connectivity index (χ3v) is 3.54. The standard InChI is InChI=1S/C14H11BrClFO/c1-8-2-5-13(17)11(6-8)14(18)10-7-9(15)3-4-12(10)16/h2-7,14,18H,1H3. The van der Waals surface area contributed by atoms with E-state index in [1.165, 1.54) is 6.07 Å². The molecule has 18 heavy (non-hydrogen) atoms. The van der Waals surface area contributed by atoms with Crippen molar-refractivity contribution in [2.24, 2.45) is 0 Å². The van der Waals surface area contributed by atoms with Crippen molar-refractivity contribution in [3.63, 3.8) is 0 Å². The first-order chi connectivity index (χ1) is 8.49. The van der Waals surface area contributed by atoms with Crippen molar-refractivity contribution in [1.29, 1.82) is 0 Å². The zero-order chi connectivity index (χ0) is 13.3. The highest BCUT2D eigenvalue weighted by atomic mass is 79.9. The molecule has 0 heterocycles. The van der Waals surface area contributed by atoms with Crippen LogP contribution in [0, 0.1) is 12.7 Å². The summed E-state index contributed by atoms with van der Waals surface area (Å²) in [5, 5.41) is 10.7. The molecule has 0 saturated carbocycles. The molecule has 0 spiro atoms. The molecule has 1 unspecified atom stereocenters. The first-order valence-electron chi connectivity index (χ1n) is 5.38. The van der Waals surface area contributed by atoms with E-state index in [4.69, 9.17) is 11.6 Å². The van der Waals surface area contributed by atoms with Gasteiger partial charge in [0, 0.05) is 20.6 Å². The molecule has 1 N–H and O–H groups in total. The monoisotopic (exact) mass is 328 g/mol. The number of aliphatic hydroxyl groups is 1. The molecule has 0 aliphatic rings. The molecule has 0 aliphatic carbocycles. The Kier molecular flexibility index (Phi) is 4.05. The maximum atomic E-state index is 13.7. The number of benzene rings is 2.